The molecule has 1 amide bonds. The van der Waals surface area contributed by atoms with E-state index in [1.54, 1.807) is 0 Å². The van der Waals surface area contributed by atoms with Gasteiger partial charge in [0.15, 0.2) is 0 Å². The minimum atomic E-state index is 0.227. The van der Waals surface area contributed by atoms with Crippen LogP contribution in [0.2, 0.25) is 0 Å². The molecule has 22 heavy (non-hydrogen) atoms. The smallest absolute Gasteiger partial charge is 0.231 e. The molecule has 120 valence electrons. The molecule has 0 aromatic rings. The Hall–Kier alpha value is -1.42. The van der Waals surface area contributed by atoms with Gasteiger partial charge in [0.25, 0.3) is 0 Å². The molecule has 2 saturated heterocycles. The van der Waals surface area contributed by atoms with E-state index in [2.05, 4.69) is 24.6 Å². The second kappa shape index (κ2) is 6.78. The molecule has 0 N–H and O–H groups in total. The van der Waals surface area contributed by atoms with Crippen LogP contribution in [0.25, 0.3) is 0 Å². The second-order valence-corrected chi connectivity index (χ2v) is 6.71. The highest BCUT2D eigenvalue weighted by Gasteiger charge is 2.28. The summed E-state index contributed by atoms with van der Waals surface area (Å²) < 4.78 is 5.62. The molecule has 2 fully saturated rings. The second-order valence-electron chi connectivity index (χ2n) is 6.71. The summed E-state index contributed by atoms with van der Waals surface area (Å²) in [6.45, 7) is 8.71. The van der Waals surface area contributed by atoms with Gasteiger partial charge in [-0.1, -0.05) is 6.58 Å². The zero-order valence-electron chi connectivity index (χ0n) is 13.5. The Bertz CT molecular complexity index is 521. The van der Waals surface area contributed by atoms with Crippen LogP contribution in [0.5, 0.6) is 0 Å². The van der Waals surface area contributed by atoms with E-state index in [4.69, 9.17) is 4.74 Å². The van der Waals surface area contributed by atoms with Crippen LogP contribution >= 0.6 is 0 Å². The van der Waals surface area contributed by atoms with Gasteiger partial charge in [0.2, 0.25) is 5.91 Å². The molecule has 2 atom stereocenters. The summed E-state index contributed by atoms with van der Waals surface area (Å²) in [5.74, 6) is 1.01. The highest BCUT2D eigenvalue weighted by molar-refractivity contribution is 5.83. The highest BCUT2D eigenvalue weighted by Crippen LogP contribution is 2.28. The molecule has 0 aromatic carbocycles. The Labute approximate surface area is 132 Å². The summed E-state index contributed by atoms with van der Waals surface area (Å²) in [6.07, 6.45) is 8.94. The number of hydrogen-bond acceptors (Lipinski definition) is 3. The number of carbonyl (C=O) groups excluding carboxylic acids is 1. The van der Waals surface area contributed by atoms with Crippen LogP contribution in [0.15, 0.2) is 28.9 Å². The van der Waals surface area contributed by atoms with Gasteiger partial charge in [-0.2, -0.15) is 0 Å². The van der Waals surface area contributed by atoms with E-state index in [0.717, 1.165) is 44.0 Å². The summed E-state index contributed by atoms with van der Waals surface area (Å²) in [5.41, 5.74) is 3.45. The minimum absolute atomic E-state index is 0.227. The Morgan fingerprint density at radius 2 is 2.27 bits per heavy atom. The van der Waals surface area contributed by atoms with Gasteiger partial charge in [-0.15, -0.1) is 0 Å². The van der Waals surface area contributed by atoms with Crippen LogP contribution in [0, 0.1) is 5.92 Å². The van der Waals surface area contributed by atoms with Crippen LogP contribution in [0.4, 0.5) is 0 Å². The van der Waals surface area contributed by atoms with Gasteiger partial charge >= 0.3 is 0 Å². The Kier molecular flexibility index (Phi) is 4.77. The minimum Gasteiger partial charge on any atom is -0.376 e. The Balaban J connectivity index is 0.000000131. The molecule has 4 aliphatic heterocycles. The summed E-state index contributed by atoms with van der Waals surface area (Å²) >= 11 is 0. The van der Waals surface area contributed by atoms with E-state index in [-0.39, 0.29) is 5.91 Å². The predicted molar refractivity (Wildman–Crippen MR) is 87.8 cm³/mol. The van der Waals surface area contributed by atoms with Crippen LogP contribution in [0.3, 0.4) is 0 Å². The number of ether oxygens (including phenoxy) is 1. The average molecular weight is 302 g/mol. The molecule has 0 bridgehead atoms. The Morgan fingerprint density at radius 3 is 3.14 bits per heavy atom. The van der Waals surface area contributed by atoms with Gasteiger partial charge in [-0.3, -0.25) is 9.79 Å². The number of amides is 1. The fraction of sp³-hybridized carbons (Fsp3) is 0.667. The third-order valence-electron chi connectivity index (χ3n) is 4.89. The number of allylic oxidation sites excluding steroid dienone is 2. The average Bonchev–Trinajstić information content (AvgIpc) is 2.96. The van der Waals surface area contributed by atoms with Crippen LogP contribution in [-0.4, -0.2) is 42.3 Å². The van der Waals surface area contributed by atoms with Crippen molar-refractivity contribution in [1.82, 2.24) is 4.90 Å². The third kappa shape index (κ3) is 3.49. The Morgan fingerprint density at radius 1 is 1.41 bits per heavy atom. The largest absolute Gasteiger partial charge is 0.376 e. The number of fused-ring (bicyclic) bond motifs is 2. The first kappa shape index (κ1) is 15.5. The third-order valence-corrected chi connectivity index (χ3v) is 4.89. The maximum atomic E-state index is 11.3. The van der Waals surface area contributed by atoms with Crippen molar-refractivity contribution >= 4 is 11.6 Å². The molecule has 0 aromatic heterocycles. The molecular formula is C18H26N2O2. The van der Waals surface area contributed by atoms with Crippen molar-refractivity contribution in [2.24, 2.45) is 10.9 Å². The summed E-state index contributed by atoms with van der Waals surface area (Å²) in [4.78, 5) is 17.6. The first-order chi connectivity index (χ1) is 10.6. The van der Waals surface area contributed by atoms with Gasteiger partial charge < -0.3 is 9.64 Å². The molecule has 2 unspecified atom stereocenters. The van der Waals surface area contributed by atoms with Crippen LogP contribution in [-0.2, 0) is 9.53 Å². The number of carbonyl (C=O) groups is 1. The highest BCUT2D eigenvalue weighted by atomic mass is 16.5. The quantitative estimate of drug-likeness (QED) is 0.690. The first-order valence-corrected chi connectivity index (χ1v) is 8.43. The lowest BCUT2D eigenvalue weighted by Crippen LogP contribution is -2.36. The molecule has 0 radical (unpaired) electrons. The van der Waals surface area contributed by atoms with Gasteiger partial charge in [-0.25, -0.2) is 0 Å². The molecular weight excluding hydrogens is 276 g/mol. The molecule has 0 aliphatic carbocycles. The first-order valence-electron chi connectivity index (χ1n) is 8.43. The van der Waals surface area contributed by atoms with E-state index < -0.39 is 0 Å². The van der Waals surface area contributed by atoms with Crippen LogP contribution in [0.1, 0.15) is 45.4 Å². The normalized spacial score (nSPS) is 30.7. The lowest BCUT2D eigenvalue weighted by atomic mass is 9.87. The molecule has 0 saturated carbocycles. The van der Waals surface area contributed by atoms with Gasteiger partial charge in [0.05, 0.1) is 19.1 Å². The van der Waals surface area contributed by atoms with Crippen molar-refractivity contribution in [2.45, 2.75) is 51.6 Å². The van der Waals surface area contributed by atoms with Crippen molar-refractivity contribution < 1.29 is 9.53 Å². The van der Waals surface area contributed by atoms with Crippen molar-refractivity contribution in [2.75, 3.05) is 19.7 Å². The van der Waals surface area contributed by atoms with Crippen molar-refractivity contribution in [3.8, 4) is 0 Å². The fourth-order valence-electron chi connectivity index (χ4n) is 3.74. The van der Waals surface area contributed by atoms with Crippen LogP contribution < -0.4 is 0 Å². The molecule has 4 aliphatic rings. The van der Waals surface area contributed by atoms with E-state index in [0.29, 0.717) is 12.5 Å². The van der Waals surface area contributed by atoms with Gasteiger partial charge in [0.1, 0.15) is 0 Å². The van der Waals surface area contributed by atoms with Crippen molar-refractivity contribution in [3.05, 3.63) is 23.9 Å². The molecule has 0 spiro atoms. The van der Waals surface area contributed by atoms with E-state index in [9.17, 15) is 4.79 Å². The lowest BCUT2D eigenvalue weighted by molar-refractivity contribution is -0.128. The standard InChI is InChI=1S/C9H15NO.C9H11NO/c1-7-5-8-3-2-4-11-9(8)6-10-7;1-7-5-8-3-2-4-10(8)9(11)6-7/h8-9H,2-6H2,1H3;5H,1-4,6H2. The zero-order valence-corrected chi connectivity index (χ0v) is 13.5. The predicted octanol–water partition coefficient (Wildman–Crippen LogP) is 3.10. The molecule has 4 rings (SSSR count). The van der Waals surface area contributed by atoms with E-state index in [1.807, 2.05) is 4.90 Å². The molecule has 4 nitrogen and oxygen atoms in total. The summed E-state index contributed by atoms with van der Waals surface area (Å²) in [7, 11) is 0. The number of rotatable bonds is 0. The topological polar surface area (TPSA) is 41.9 Å². The number of hydrogen-bond donors (Lipinski definition) is 0. The maximum absolute atomic E-state index is 11.3. The van der Waals surface area contributed by atoms with E-state index in [1.165, 1.54) is 30.7 Å². The van der Waals surface area contributed by atoms with Gasteiger partial charge in [-0.05, 0) is 56.6 Å². The number of aliphatic imine (C=N–C) groups is 1. The lowest BCUT2D eigenvalue weighted by Gasteiger charge is -2.33. The molecule has 4 heteroatoms. The van der Waals surface area contributed by atoms with E-state index >= 15 is 0 Å². The maximum Gasteiger partial charge on any atom is 0.231 e. The van der Waals surface area contributed by atoms with Crippen molar-refractivity contribution in [3.63, 3.8) is 0 Å². The zero-order chi connectivity index (χ0) is 15.5. The number of nitrogens with zero attached hydrogens (tertiary/aromatic N) is 2. The summed E-state index contributed by atoms with van der Waals surface area (Å²) in [5, 5.41) is 0. The summed E-state index contributed by atoms with van der Waals surface area (Å²) in [6, 6.07) is 0. The monoisotopic (exact) mass is 302 g/mol. The molecule has 4 heterocycles. The fourth-order valence-corrected chi connectivity index (χ4v) is 3.74. The van der Waals surface area contributed by atoms with Gasteiger partial charge in [0, 0.05) is 24.6 Å². The van der Waals surface area contributed by atoms with Crippen molar-refractivity contribution in [1.29, 1.82) is 0 Å². The SMILES string of the molecule is C=C1C=C2CCCN2C(=O)C1.CC1=NCC2OCCCC2C1.